The van der Waals surface area contributed by atoms with E-state index < -0.39 is 6.10 Å². The molecule has 7 heteroatoms. The van der Waals surface area contributed by atoms with Crippen molar-refractivity contribution in [3.63, 3.8) is 0 Å². The number of pyridine rings is 2. The van der Waals surface area contributed by atoms with Crippen LogP contribution in [0.2, 0.25) is 0 Å². The van der Waals surface area contributed by atoms with Crippen LogP contribution in [0.25, 0.3) is 28.0 Å². The van der Waals surface area contributed by atoms with Crippen molar-refractivity contribution in [3.05, 3.63) is 60.4 Å². The first kappa shape index (κ1) is 18.8. The molecule has 0 amide bonds. The Labute approximate surface area is 168 Å². The number of aliphatic hydroxyl groups is 1. The van der Waals surface area contributed by atoms with Crippen LogP contribution in [-0.4, -0.2) is 35.4 Å². The van der Waals surface area contributed by atoms with E-state index in [1.807, 2.05) is 62.0 Å². The van der Waals surface area contributed by atoms with E-state index in [1.165, 1.54) is 0 Å². The first-order chi connectivity index (χ1) is 13.9. The Balaban J connectivity index is 1.78. The van der Waals surface area contributed by atoms with Crippen LogP contribution in [0.5, 0.6) is 0 Å². The van der Waals surface area contributed by atoms with Gasteiger partial charge in [-0.2, -0.15) is 10.4 Å². The number of aryl methyl sites for hydroxylation is 1. The van der Waals surface area contributed by atoms with Gasteiger partial charge >= 0.3 is 0 Å². The number of aromatic nitrogens is 5. The second-order valence-electron chi connectivity index (χ2n) is 7.53. The molecule has 4 aromatic rings. The second kappa shape index (κ2) is 7.49. The van der Waals surface area contributed by atoms with E-state index >= 15 is 0 Å². The zero-order valence-electron chi connectivity index (χ0n) is 16.6. The molecule has 1 N–H and O–H groups in total. The van der Waals surface area contributed by atoms with Gasteiger partial charge in [0.05, 0.1) is 30.2 Å². The molecular formula is C22H22N6O. The molecule has 29 heavy (non-hydrogen) atoms. The van der Waals surface area contributed by atoms with Gasteiger partial charge < -0.3 is 9.51 Å². The number of nitriles is 1. The lowest BCUT2D eigenvalue weighted by Gasteiger charge is -2.13. The number of fused-ring (bicyclic) bond motifs is 1. The fourth-order valence-corrected chi connectivity index (χ4v) is 3.24. The number of nitrogens with zero attached hydrogens (tertiary/aromatic N) is 6. The van der Waals surface area contributed by atoms with Crippen molar-refractivity contribution in [2.45, 2.75) is 33.4 Å². The minimum Gasteiger partial charge on any atom is -0.391 e. The van der Waals surface area contributed by atoms with Crippen molar-refractivity contribution in [2.75, 3.05) is 0 Å². The van der Waals surface area contributed by atoms with E-state index in [9.17, 15) is 10.4 Å². The van der Waals surface area contributed by atoms with Gasteiger partial charge in [-0.25, -0.2) is 9.97 Å². The quantitative estimate of drug-likeness (QED) is 0.567. The Bertz CT molecular complexity index is 1210. The lowest BCUT2D eigenvalue weighted by atomic mass is 10.0. The molecule has 0 fully saturated rings. The Hall–Kier alpha value is -3.50. The molecule has 0 aliphatic heterocycles. The monoisotopic (exact) mass is 386 g/mol. The topological polar surface area (TPSA) is 92.0 Å². The van der Waals surface area contributed by atoms with Crippen LogP contribution in [0.3, 0.4) is 0 Å². The highest BCUT2D eigenvalue weighted by molar-refractivity contribution is 5.81. The highest BCUT2D eigenvalue weighted by atomic mass is 16.3. The Kier molecular flexibility index (Phi) is 4.87. The minimum absolute atomic E-state index is 0.152. The minimum atomic E-state index is -0.465. The summed E-state index contributed by atoms with van der Waals surface area (Å²) in [5, 5.41) is 23.9. The number of imidazole rings is 1. The van der Waals surface area contributed by atoms with Crippen molar-refractivity contribution in [2.24, 2.45) is 5.92 Å². The lowest BCUT2D eigenvalue weighted by molar-refractivity contribution is 0.103. The van der Waals surface area contributed by atoms with Crippen molar-refractivity contribution >= 4 is 5.65 Å². The van der Waals surface area contributed by atoms with Crippen molar-refractivity contribution in [3.8, 4) is 28.5 Å². The summed E-state index contributed by atoms with van der Waals surface area (Å²) in [7, 11) is 0. The van der Waals surface area contributed by atoms with Gasteiger partial charge in [-0.15, -0.1) is 0 Å². The molecular weight excluding hydrogens is 364 g/mol. The van der Waals surface area contributed by atoms with Gasteiger partial charge in [-0.05, 0) is 37.1 Å². The predicted octanol–water partition coefficient (Wildman–Crippen LogP) is 3.46. The summed E-state index contributed by atoms with van der Waals surface area (Å²) in [5.41, 5.74) is 5.46. The molecule has 0 radical (unpaired) electrons. The molecule has 0 aliphatic rings. The molecule has 1 unspecified atom stereocenters. The molecule has 0 saturated carbocycles. The first-order valence-corrected chi connectivity index (χ1v) is 9.52. The molecule has 0 bridgehead atoms. The number of hydrogen-bond donors (Lipinski definition) is 1. The number of rotatable bonds is 5. The molecule has 1 atom stereocenters. The molecule has 0 saturated heterocycles. The fourth-order valence-electron chi connectivity index (χ4n) is 3.24. The number of hydrogen-bond acceptors (Lipinski definition) is 5. The first-order valence-electron chi connectivity index (χ1n) is 9.52. The largest absolute Gasteiger partial charge is 0.391 e. The third-order valence-corrected chi connectivity index (χ3v) is 4.95. The van der Waals surface area contributed by atoms with Gasteiger partial charge in [0.2, 0.25) is 0 Å². The smallest absolute Gasteiger partial charge is 0.141 e. The van der Waals surface area contributed by atoms with E-state index in [4.69, 9.17) is 0 Å². The summed E-state index contributed by atoms with van der Waals surface area (Å²) < 4.78 is 3.70. The molecule has 4 rings (SSSR count). The van der Waals surface area contributed by atoms with Gasteiger partial charge in [0.15, 0.2) is 0 Å². The highest BCUT2D eigenvalue weighted by Crippen LogP contribution is 2.31. The normalized spacial score (nSPS) is 12.4. The highest BCUT2D eigenvalue weighted by Gasteiger charge is 2.15. The van der Waals surface area contributed by atoms with Gasteiger partial charge in [-0.1, -0.05) is 13.8 Å². The lowest BCUT2D eigenvalue weighted by Crippen LogP contribution is -2.21. The summed E-state index contributed by atoms with van der Waals surface area (Å²) in [4.78, 5) is 9.09. The van der Waals surface area contributed by atoms with Crippen LogP contribution in [-0.2, 0) is 6.54 Å². The summed E-state index contributed by atoms with van der Waals surface area (Å²) in [6.45, 7) is 6.33. The SMILES string of the molecule is Cc1cn2ccc(-c3nc(C#N)ccc3-c3cnn(CC(O)C(C)C)c3)cc2n1. The van der Waals surface area contributed by atoms with Crippen LogP contribution in [0.4, 0.5) is 0 Å². The van der Waals surface area contributed by atoms with E-state index in [-0.39, 0.29) is 5.92 Å². The molecule has 7 nitrogen and oxygen atoms in total. The van der Waals surface area contributed by atoms with Crippen LogP contribution in [0.1, 0.15) is 25.2 Å². The van der Waals surface area contributed by atoms with Gasteiger partial charge in [0.25, 0.3) is 0 Å². The molecule has 4 aromatic heterocycles. The Morgan fingerprint density at radius 1 is 1.14 bits per heavy atom. The average Bonchev–Trinajstić information content (AvgIpc) is 3.32. The third-order valence-electron chi connectivity index (χ3n) is 4.95. The standard InChI is InChI=1S/C22H22N6O/c1-14(2)20(29)13-28-12-17(10-24-28)19-5-4-18(9-23)26-22(19)16-6-7-27-11-15(3)25-21(27)8-16/h4-8,10-12,14,20,29H,13H2,1-3H3. The maximum absolute atomic E-state index is 10.1. The Morgan fingerprint density at radius 2 is 1.97 bits per heavy atom. The average molecular weight is 386 g/mol. The maximum Gasteiger partial charge on any atom is 0.141 e. The molecule has 0 aromatic carbocycles. The van der Waals surface area contributed by atoms with Crippen LogP contribution < -0.4 is 0 Å². The van der Waals surface area contributed by atoms with E-state index in [0.29, 0.717) is 17.9 Å². The van der Waals surface area contributed by atoms with E-state index in [2.05, 4.69) is 21.1 Å². The summed E-state index contributed by atoms with van der Waals surface area (Å²) in [5.74, 6) is 0.152. The van der Waals surface area contributed by atoms with Gasteiger partial charge in [-0.3, -0.25) is 4.68 Å². The van der Waals surface area contributed by atoms with Gasteiger partial charge in [0.1, 0.15) is 17.4 Å². The van der Waals surface area contributed by atoms with Crippen molar-refractivity contribution in [1.82, 2.24) is 24.1 Å². The second-order valence-corrected chi connectivity index (χ2v) is 7.53. The summed E-state index contributed by atoms with van der Waals surface area (Å²) in [6.07, 6.45) is 7.10. The summed E-state index contributed by atoms with van der Waals surface area (Å²) in [6, 6.07) is 9.64. The van der Waals surface area contributed by atoms with Gasteiger partial charge in [0, 0.05) is 35.3 Å². The fraction of sp³-hybridized carbons (Fsp3) is 0.273. The molecule has 0 spiro atoms. The van der Waals surface area contributed by atoms with Crippen molar-refractivity contribution < 1.29 is 5.11 Å². The van der Waals surface area contributed by atoms with E-state index in [0.717, 1.165) is 28.0 Å². The number of aliphatic hydroxyl groups excluding tert-OH is 1. The molecule has 0 aliphatic carbocycles. The summed E-state index contributed by atoms with van der Waals surface area (Å²) >= 11 is 0. The van der Waals surface area contributed by atoms with Crippen LogP contribution in [0, 0.1) is 24.2 Å². The van der Waals surface area contributed by atoms with E-state index in [1.54, 1.807) is 16.9 Å². The van der Waals surface area contributed by atoms with Crippen molar-refractivity contribution in [1.29, 1.82) is 5.26 Å². The zero-order chi connectivity index (χ0) is 20.5. The molecule has 4 heterocycles. The van der Waals surface area contributed by atoms with Crippen LogP contribution >= 0.6 is 0 Å². The third kappa shape index (κ3) is 3.75. The predicted molar refractivity (Wildman–Crippen MR) is 110 cm³/mol. The van der Waals surface area contributed by atoms with Crippen LogP contribution in [0.15, 0.2) is 49.1 Å². The zero-order valence-corrected chi connectivity index (χ0v) is 16.6. The maximum atomic E-state index is 10.1. The molecule has 146 valence electrons. The Morgan fingerprint density at radius 3 is 2.72 bits per heavy atom.